The van der Waals surface area contributed by atoms with Gasteiger partial charge in [-0.1, -0.05) is 12.1 Å². The summed E-state index contributed by atoms with van der Waals surface area (Å²) < 4.78 is 18.2. The molecule has 2 aliphatic rings. The summed E-state index contributed by atoms with van der Waals surface area (Å²) in [5, 5.41) is 12.6. The van der Waals surface area contributed by atoms with Crippen molar-refractivity contribution < 1.29 is 9.13 Å². The third-order valence-corrected chi connectivity index (χ3v) is 6.36. The van der Waals surface area contributed by atoms with E-state index in [1.807, 2.05) is 24.3 Å². The van der Waals surface area contributed by atoms with Crippen molar-refractivity contribution in [3.63, 3.8) is 0 Å². The maximum absolute atomic E-state index is 13.0. The Balaban J connectivity index is 1.27. The summed E-state index contributed by atoms with van der Waals surface area (Å²) in [6.07, 6.45) is 3.22. The van der Waals surface area contributed by atoms with E-state index in [0.717, 1.165) is 53.4 Å². The van der Waals surface area contributed by atoms with E-state index in [-0.39, 0.29) is 0 Å². The largest absolute Gasteiger partial charge is 0.481 e. The molecule has 0 radical (unpaired) electrons. The monoisotopic (exact) mass is 434 g/mol. The second kappa shape index (κ2) is 8.78. The van der Waals surface area contributed by atoms with Crippen molar-refractivity contribution in [3.05, 3.63) is 48.3 Å². The van der Waals surface area contributed by atoms with Crippen LogP contribution >= 0.6 is 0 Å². The maximum Gasteiger partial charge on any atom is 0.216 e. The number of nitrogens with one attached hydrogen (secondary N) is 1. The van der Waals surface area contributed by atoms with Gasteiger partial charge in [0, 0.05) is 42.4 Å². The lowest BCUT2D eigenvalue weighted by Crippen LogP contribution is -2.48. The molecule has 3 heterocycles. The number of benzene rings is 1. The summed E-state index contributed by atoms with van der Waals surface area (Å²) in [7, 11) is 1.59. The van der Waals surface area contributed by atoms with Crippen LogP contribution in [0.5, 0.6) is 5.88 Å². The Morgan fingerprint density at radius 1 is 1.03 bits per heavy atom. The first-order chi connectivity index (χ1) is 15.6. The fraction of sp³-hybridized carbons (Fsp3) is 0.417. The molecule has 7 nitrogen and oxygen atoms in total. The van der Waals surface area contributed by atoms with Gasteiger partial charge in [-0.25, -0.2) is 14.4 Å². The lowest BCUT2D eigenvalue weighted by molar-refractivity contribution is 0.148. The first-order valence-electron chi connectivity index (χ1n) is 11.1. The quantitative estimate of drug-likeness (QED) is 0.635. The average Bonchev–Trinajstić information content (AvgIpc) is 3.27. The molecule has 1 atom stereocenters. The molecule has 1 aliphatic heterocycles. The van der Waals surface area contributed by atoms with Crippen LogP contribution in [0.3, 0.4) is 0 Å². The Kier molecular flexibility index (Phi) is 5.70. The van der Waals surface area contributed by atoms with Gasteiger partial charge in [-0.2, -0.15) is 0 Å². The average molecular weight is 435 g/mol. The van der Waals surface area contributed by atoms with Crippen molar-refractivity contribution in [2.24, 2.45) is 0 Å². The molecular weight excluding hydrogens is 407 g/mol. The van der Waals surface area contributed by atoms with Gasteiger partial charge in [-0.05, 0) is 49.9 Å². The van der Waals surface area contributed by atoms with Gasteiger partial charge in [-0.3, -0.25) is 0 Å². The van der Waals surface area contributed by atoms with Crippen molar-refractivity contribution in [1.82, 2.24) is 25.5 Å². The van der Waals surface area contributed by atoms with Crippen LogP contribution in [0.2, 0.25) is 0 Å². The Bertz CT molecular complexity index is 1090. The third-order valence-electron chi connectivity index (χ3n) is 6.36. The highest BCUT2D eigenvalue weighted by molar-refractivity contribution is 5.70. The van der Waals surface area contributed by atoms with E-state index in [1.165, 1.54) is 6.33 Å². The van der Waals surface area contributed by atoms with Crippen LogP contribution in [0.25, 0.3) is 22.5 Å². The fourth-order valence-electron chi connectivity index (χ4n) is 4.48. The van der Waals surface area contributed by atoms with Crippen molar-refractivity contribution in [2.75, 3.05) is 25.1 Å². The third kappa shape index (κ3) is 4.27. The maximum atomic E-state index is 13.0. The summed E-state index contributed by atoms with van der Waals surface area (Å²) >= 11 is 0. The van der Waals surface area contributed by atoms with E-state index in [9.17, 15) is 4.39 Å². The van der Waals surface area contributed by atoms with Crippen molar-refractivity contribution in [3.8, 4) is 28.4 Å². The first kappa shape index (κ1) is 20.8. The molecule has 1 saturated carbocycles. The summed E-state index contributed by atoms with van der Waals surface area (Å²) in [6.45, 7) is 3.89. The number of hydrogen-bond donors (Lipinski definition) is 1. The number of aromatic nitrogens is 4. The van der Waals surface area contributed by atoms with Crippen molar-refractivity contribution >= 4 is 5.82 Å². The minimum Gasteiger partial charge on any atom is -0.481 e. The number of alkyl halides is 1. The van der Waals surface area contributed by atoms with Gasteiger partial charge >= 0.3 is 0 Å². The van der Waals surface area contributed by atoms with E-state index < -0.39 is 6.17 Å². The molecule has 0 bridgehead atoms. The van der Waals surface area contributed by atoms with Crippen LogP contribution in [0.15, 0.2) is 42.7 Å². The number of ether oxygens (including phenoxy) is 1. The normalized spacial score (nSPS) is 22.6. The van der Waals surface area contributed by atoms with Gasteiger partial charge in [0.05, 0.1) is 18.5 Å². The topological polar surface area (TPSA) is 76.1 Å². The number of rotatable bonds is 6. The Morgan fingerprint density at radius 3 is 2.62 bits per heavy atom. The number of hydrogen-bond acceptors (Lipinski definition) is 7. The SMILES string of the molecule is COc1cc(-c2ccc(-c3ccc(N4CCC(NC5CC(F)C5)C4)nn3)c(C)c2)ncn1. The molecule has 1 saturated heterocycles. The van der Waals surface area contributed by atoms with Crippen LogP contribution < -0.4 is 15.0 Å². The van der Waals surface area contributed by atoms with Crippen molar-refractivity contribution in [1.29, 1.82) is 0 Å². The summed E-state index contributed by atoms with van der Waals surface area (Å²) in [5.74, 6) is 1.43. The molecule has 0 amide bonds. The zero-order valence-corrected chi connectivity index (χ0v) is 18.3. The summed E-state index contributed by atoms with van der Waals surface area (Å²) in [5.41, 5.74) is 4.79. The molecule has 1 aromatic carbocycles. The van der Waals surface area contributed by atoms with Crippen LogP contribution in [0.1, 0.15) is 24.8 Å². The highest BCUT2D eigenvalue weighted by atomic mass is 19.1. The summed E-state index contributed by atoms with van der Waals surface area (Å²) in [6, 6.07) is 12.8. The predicted molar refractivity (Wildman–Crippen MR) is 121 cm³/mol. The number of methoxy groups -OCH3 is 1. The molecule has 2 fully saturated rings. The van der Waals surface area contributed by atoms with Gasteiger partial charge in [0.2, 0.25) is 5.88 Å². The number of anilines is 1. The molecule has 2 aromatic heterocycles. The van der Waals surface area contributed by atoms with Gasteiger partial charge in [0.1, 0.15) is 12.5 Å². The van der Waals surface area contributed by atoms with Gasteiger partial charge in [0.15, 0.2) is 5.82 Å². The second-order valence-corrected chi connectivity index (χ2v) is 8.62. The van der Waals surface area contributed by atoms with Crippen molar-refractivity contribution in [2.45, 2.75) is 44.4 Å². The van der Waals surface area contributed by atoms with E-state index >= 15 is 0 Å². The highest BCUT2D eigenvalue weighted by Gasteiger charge is 2.33. The standard InChI is InChI=1S/C24H27FN6O/c1-15-9-16(22-12-24(32-2)27-14-26-22)3-4-20(15)21-5-6-23(30-29-21)31-8-7-18(13-31)28-19-10-17(25)11-19/h3-6,9,12,14,17-19,28H,7-8,10-11,13H2,1-2H3. The van der Waals surface area contributed by atoms with Gasteiger partial charge < -0.3 is 15.0 Å². The minimum atomic E-state index is -0.621. The Hall–Kier alpha value is -3.13. The molecular formula is C24H27FN6O. The van der Waals surface area contributed by atoms with Gasteiger partial charge in [0.25, 0.3) is 0 Å². The van der Waals surface area contributed by atoms with Crippen LogP contribution in [0.4, 0.5) is 10.2 Å². The number of nitrogens with zero attached hydrogens (tertiary/aromatic N) is 5. The second-order valence-electron chi connectivity index (χ2n) is 8.62. The van der Waals surface area contributed by atoms with E-state index in [0.29, 0.717) is 30.8 Å². The molecule has 3 aromatic rings. The number of halogens is 1. The molecule has 1 aliphatic carbocycles. The molecule has 32 heavy (non-hydrogen) atoms. The number of aryl methyl sites for hydroxylation is 1. The molecule has 1 N–H and O–H groups in total. The Labute approximate surface area is 187 Å². The van der Waals surface area contributed by atoms with E-state index in [1.54, 1.807) is 7.11 Å². The molecule has 166 valence electrons. The van der Waals surface area contributed by atoms with E-state index in [4.69, 9.17) is 4.74 Å². The van der Waals surface area contributed by atoms with Gasteiger partial charge in [-0.15, -0.1) is 10.2 Å². The van der Waals surface area contributed by atoms with E-state index in [2.05, 4.69) is 49.4 Å². The predicted octanol–water partition coefficient (Wildman–Crippen LogP) is 3.59. The van der Waals surface area contributed by atoms with Crippen LogP contribution in [-0.4, -0.2) is 58.6 Å². The fourth-order valence-corrected chi connectivity index (χ4v) is 4.48. The smallest absolute Gasteiger partial charge is 0.216 e. The molecule has 0 spiro atoms. The zero-order chi connectivity index (χ0) is 22.1. The Morgan fingerprint density at radius 2 is 1.91 bits per heavy atom. The van der Waals surface area contributed by atoms with Crippen LogP contribution in [-0.2, 0) is 0 Å². The van der Waals surface area contributed by atoms with Crippen LogP contribution in [0, 0.1) is 6.92 Å². The first-order valence-corrected chi connectivity index (χ1v) is 11.1. The molecule has 8 heteroatoms. The lowest BCUT2D eigenvalue weighted by Gasteiger charge is -2.33. The highest BCUT2D eigenvalue weighted by Crippen LogP contribution is 2.29. The zero-order valence-electron chi connectivity index (χ0n) is 18.3. The summed E-state index contributed by atoms with van der Waals surface area (Å²) in [4.78, 5) is 10.7. The minimum absolute atomic E-state index is 0.331. The molecule has 5 rings (SSSR count). The lowest BCUT2D eigenvalue weighted by atomic mass is 9.90. The molecule has 1 unspecified atom stereocenters.